The van der Waals surface area contributed by atoms with Gasteiger partial charge in [-0.2, -0.15) is 0 Å². The molecule has 0 aliphatic heterocycles. The van der Waals surface area contributed by atoms with Crippen molar-refractivity contribution in [1.29, 1.82) is 0 Å². The lowest BCUT2D eigenvalue weighted by Crippen LogP contribution is -2.12. The van der Waals surface area contributed by atoms with E-state index in [-0.39, 0.29) is 11.7 Å². The van der Waals surface area contributed by atoms with Gasteiger partial charge in [0.05, 0.1) is 10.2 Å². The lowest BCUT2D eigenvalue weighted by atomic mass is 10.0. The van der Waals surface area contributed by atoms with E-state index in [0.717, 1.165) is 10.8 Å². The molecule has 0 atom stereocenters. The molecule has 4 rings (SSSR count). The van der Waals surface area contributed by atoms with Gasteiger partial charge >= 0.3 is 0 Å². The van der Waals surface area contributed by atoms with Crippen LogP contribution >= 0.6 is 11.3 Å². The van der Waals surface area contributed by atoms with Crippen LogP contribution in [-0.2, 0) is 0 Å². The fourth-order valence-corrected chi connectivity index (χ4v) is 3.43. The number of nitrogens with zero attached hydrogens (tertiary/aromatic N) is 1. The van der Waals surface area contributed by atoms with Crippen molar-refractivity contribution in [2.45, 2.75) is 0 Å². The molecule has 4 aromatic rings. The summed E-state index contributed by atoms with van der Waals surface area (Å²) in [4.78, 5) is 16.9. The van der Waals surface area contributed by atoms with Crippen molar-refractivity contribution in [3.05, 3.63) is 72.0 Å². The van der Waals surface area contributed by atoms with Crippen molar-refractivity contribution >= 4 is 43.4 Å². The van der Waals surface area contributed by atoms with Gasteiger partial charge in [0.2, 0.25) is 0 Å². The number of rotatable bonds is 2. The summed E-state index contributed by atoms with van der Waals surface area (Å²) < 4.78 is 13.9. The second-order valence-corrected chi connectivity index (χ2v) is 6.14. The third-order valence-corrected chi connectivity index (χ3v) is 4.54. The number of anilines is 1. The van der Waals surface area contributed by atoms with E-state index in [2.05, 4.69) is 10.3 Å². The van der Waals surface area contributed by atoms with Gasteiger partial charge in [-0.15, -0.1) is 0 Å². The highest BCUT2D eigenvalue weighted by Crippen LogP contribution is 2.27. The Kier molecular flexibility index (Phi) is 3.28. The van der Waals surface area contributed by atoms with E-state index in [9.17, 15) is 9.18 Å². The molecule has 0 aliphatic carbocycles. The van der Waals surface area contributed by atoms with E-state index in [1.807, 2.05) is 36.4 Å². The summed E-state index contributed by atoms with van der Waals surface area (Å²) in [6, 6.07) is 17.7. The van der Waals surface area contributed by atoms with Crippen molar-refractivity contribution in [2.75, 3.05) is 5.32 Å². The van der Waals surface area contributed by atoms with Crippen LogP contribution in [0.25, 0.3) is 21.0 Å². The van der Waals surface area contributed by atoms with E-state index < -0.39 is 0 Å². The first-order valence-corrected chi connectivity index (χ1v) is 7.87. The summed E-state index contributed by atoms with van der Waals surface area (Å²) in [5, 5.41) is 5.16. The maximum Gasteiger partial charge on any atom is 0.258 e. The van der Waals surface area contributed by atoms with Crippen molar-refractivity contribution in [1.82, 2.24) is 4.98 Å². The molecule has 0 radical (unpaired) electrons. The van der Waals surface area contributed by atoms with Crippen LogP contribution in [0.3, 0.4) is 0 Å². The zero-order chi connectivity index (χ0) is 15.8. The van der Waals surface area contributed by atoms with Gasteiger partial charge in [-0.05, 0) is 35.0 Å². The summed E-state index contributed by atoms with van der Waals surface area (Å²) in [6.45, 7) is 0. The zero-order valence-electron chi connectivity index (χ0n) is 11.9. The van der Waals surface area contributed by atoms with Gasteiger partial charge in [0.15, 0.2) is 5.13 Å². The molecule has 1 amide bonds. The van der Waals surface area contributed by atoms with E-state index >= 15 is 0 Å². The Hall–Kier alpha value is -2.79. The number of nitrogens with one attached hydrogen (secondary N) is 1. The van der Waals surface area contributed by atoms with Gasteiger partial charge in [0.1, 0.15) is 5.82 Å². The first-order valence-electron chi connectivity index (χ1n) is 7.06. The number of hydrogen-bond acceptors (Lipinski definition) is 3. The first kappa shape index (κ1) is 13.8. The first-order chi connectivity index (χ1) is 11.2. The molecule has 0 bridgehead atoms. The number of carbonyl (C=O) groups excluding carboxylic acids is 1. The summed E-state index contributed by atoms with van der Waals surface area (Å²) in [5.41, 5.74) is 1.26. The number of hydrogen-bond donors (Lipinski definition) is 1. The Balaban J connectivity index is 1.70. The third kappa shape index (κ3) is 2.55. The Labute approximate surface area is 135 Å². The number of carbonyl (C=O) groups is 1. The van der Waals surface area contributed by atoms with Gasteiger partial charge in [-0.1, -0.05) is 47.7 Å². The topological polar surface area (TPSA) is 42.0 Å². The maximum absolute atomic E-state index is 13.2. The molecule has 1 N–H and O–H groups in total. The molecule has 0 spiro atoms. The van der Waals surface area contributed by atoms with Crippen molar-refractivity contribution in [3.8, 4) is 0 Å². The average molecular weight is 322 g/mol. The molecule has 1 heterocycles. The van der Waals surface area contributed by atoms with Crippen LogP contribution in [0.4, 0.5) is 9.52 Å². The van der Waals surface area contributed by atoms with Crippen LogP contribution < -0.4 is 5.32 Å². The Morgan fingerprint density at radius 1 is 1.04 bits per heavy atom. The van der Waals surface area contributed by atoms with E-state index in [1.165, 1.54) is 23.5 Å². The molecule has 5 heteroatoms. The summed E-state index contributed by atoms with van der Waals surface area (Å²) in [7, 11) is 0. The van der Waals surface area contributed by atoms with Crippen molar-refractivity contribution in [2.24, 2.45) is 0 Å². The fraction of sp³-hybridized carbons (Fsp3) is 0. The fourth-order valence-electron chi connectivity index (χ4n) is 2.54. The lowest BCUT2D eigenvalue weighted by molar-refractivity contribution is 0.102. The summed E-state index contributed by atoms with van der Waals surface area (Å²) in [5.74, 6) is -0.533. The molecular formula is C18H11FN2OS. The van der Waals surface area contributed by atoms with E-state index in [4.69, 9.17) is 0 Å². The van der Waals surface area contributed by atoms with Gasteiger partial charge < -0.3 is 0 Å². The minimum atomic E-state index is -0.312. The molecule has 1 aromatic heterocycles. The van der Waals surface area contributed by atoms with Crippen LogP contribution in [0.2, 0.25) is 0 Å². The maximum atomic E-state index is 13.2. The molecule has 0 aliphatic rings. The number of aromatic nitrogens is 1. The number of halogens is 1. The predicted octanol–water partition coefficient (Wildman–Crippen LogP) is 4.84. The smallest absolute Gasteiger partial charge is 0.258 e. The van der Waals surface area contributed by atoms with Gasteiger partial charge in [-0.3, -0.25) is 10.1 Å². The quantitative estimate of drug-likeness (QED) is 0.574. The number of fused-ring (bicyclic) bond motifs is 2. The third-order valence-electron chi connectivity index (χ3n) is 3.61. The average Bonchev–Trinajstić information content (AvgIpc) is 2.95. The Bertz CT molecular complexity index is 1040. The van der Waals surface area contributed by atoms with Crippen LogP contribution in [0.15, 0.2) is 60.7 Å². The number of thiazole rings is 1. The standard InChI is InChI=1S/C18H11FN2OS/c19-12-8-9-15-16(10-12)23-18(20-15)21-17(22)14-7-3-5-11-4-1-2-6-13(11)14/h1-10H,(H,20,21,22). The number of benzene rings is 3. The molecule has 0 saturated carbocycles. The normalized spacial score (nSPS) is 11.0. The molecule has 23 heavy (non-hydrogen) atoms. The van der Waals surface area contributed by atoms with Crippen LogP contribution in [0, 0.1) is 5.82 Å². The molecule has 3 nitrogen and oxygen atoms in total. The second kappa shape index (κ2) is 5.44. The molecule has 0 fully saturated rings. The highest BCUT2D eigenvalue weighted by atomic mass is 32.1. The molecule has 3 aromatic carbocycles. The molecule has 112 valence electrons. The van der Waals surface area contributed by atoms with Crippen LogP contribution in [-0.4, -0.2) is 10.9 Å². The number of amides is 1. The minimum Gasteiger partial charge on any atom is -0.298 e. The Morgan fingerprint density at radius 2 is 1.87 bits per heavy atom. The summed E-state index contributed by atoms with van der Waals surface area (Å²) in [6.07, 6.45) is 0. The minimum absolute atomic E-state index is 0.221. The van der Waals surface area contributed by atoms with Gasteiger partial charge in [0.25, 0.3) is 5.91 Å². The highest BCUT2D eigenvalue weighted by molar-refractivity contribution is 7.22. The lowest BCUT2D eigenvalue weighted by Gasteiger charge is -2.05. The SMILES string of the molecule is O=C(Nc1nc2ccc(F)cc2s1)c1cccc2ccccc12. The molecular weight excluding hydrogens is 311 g/mol. The van der Waals surface area contributed by atoms with Crippen LogP contribution in [0.5, 0.6) is 0 Å². The summed E-state index contributed by atoms with van der Waals surface area (Å²) >= 11 is 1.26. The molecule has 0 saturated heterocycles. The van der Waals surface area contributed by atoms with Crippen LogP contribution in [0.1, 0.15) is 10.4 Å². The van der Waals surface area contributed by atoms with Gasteiger partial charge in [0, 0.05) is 5.56 Å². The predicted molar refractivity (Wildman–Crippen MR) is 91.5 cm³/mol. The second-order valence-electron chi connectivity index (χ2n) is 5.11. The largest absolute Gasteiger partial charge is 0.298 e. The van der Waals surface area contributed by atoms with E-state index in [0.29, 0.717) is 20.9 Å². The van der Waals surface area contributed by atoms with Gasteiger partial charge in [-0.25, -0.2) is 9.37 Å². The molecule has 0 unspecified atom stereocenters. The zero-order valence-corrected chi connectivity index (χ0v) is 12.7. The Morgan fingerprint density at radius 3 is 2.78 bits per heavy atom. The van der Waals surface area contributed by atoms with E-state index in [1.54, 1.807) is 12.1 Å². The van der Waals surface area contributed by atoms with Crippen molar-refractivity contribution in [3.63, 3.8) is 0 Å². The van der Waals surface area contributed by atoms with Crippen molar-refractivity contribution < 1.29 is 9.18 Å². The highest BCUT2D eigenvalue weighted by Gasteiger charge is 2.12. The monoisotopic (exact) mass is 322 g/mol.